The minimum atomic E-state index is -3.01. The molecule has 0 spiro atoms. The van der Waals surface area contributed by atoms with Crippen molar-refractivity contribution >= 4 is 23.2 Å². The van der Waals surface area contributed by atoms with Crippen LogP contribution in [0.2, 0.25) is 0 Å². The molecule has 1 aromatic heterocycles. The molecule has 1 N–H and O–H groups in total. The molecule has 1 heterocycles. The number of nitrogens with zero attached hydrogens (tertiary/aromatic N) is 2. The highest BCUT2D eigenvalue weighted by Gasteiger charge is 2.14. The fourth-order valence-corrected chi connectivity index (χ4v) is 2.59. The van der Waals surface area contributed by atoms with E-state index in [0.29, 0.717) is 4.80 Å². The van der Waals surface area contributed by atoms with Crippen molar-refractivity contribution in [3.8, 4) is 11.5 Å². The maximum atomic E-state index is 12.3. The molecule has 0 aliphatic carbocycles. The van der Waals surface area contributed by atoms with Crippen LogP contribution in [0, 0.1) is 0 Å². The SMILES string of the molecule is COc1cc(C(=O)NCC(=O)N=c2sccn2C)ccc1OC(F)F. The van der Waals surface area contributed by atoms with Crippen molar-refractivity contribution in [1.82, 2.24) is 9.88 Å². The van der Waals surface area contributed by atoms with Gasteiger partial charge in [0, 0.05) is 24.2 Å². The molecule has 0 fully saturated rings. The molecule has 7 nitrogen and oxygen atoms in total. The molecule has 0 aliphatic heterocycles. The van der Waals surface area contributed by atoms with E-state index >= 15 is 0 Å². The van der Waals surface area contributed by atoms with Crippen LogP contribution in [-0.4, -0.2) is 36.6 Å². The van der Waals surface area contributed by atoms with Gasteiger partial charge in [-0.25, -0.2) is 0 Å². The highest BCUT2D eigenvalue weighted by Crippen LogP contribution is 2.29. The van der Waals surface area contributed by atoms with Gasteiger partial charge in [0.1, 0.15) is 0 Å². The van der Waals surface area contributed by atoms with Crippen LogP contribution in [0.25, 0.3) is 0 Å². The molecule has 0 bridgehead atoms. The van der Waals surface area contributed by atoms with E-state index in [2.05, 4.69) is 15.0 Å². The second kappa shape index (κ2) is 8.38. The molecule has 0 atom stereocenters. The summed E-state index contributed by atoms with van der Waals surface area (Å²) < 4.78 is 35.4. The first-order valence-electron chi connectivity index (χ1n) is 6.99. The first-order chi connectivity index (χ1) is 11.9. The number of methoxy groups -OCH3 is 1. The van der Waals surface area contributed by atoms with E-state index < -0.39 is 18.4 Å². The Morgan fingerprint density at radius 2 is 2.12 bits per heavy atom. The lowest BCUT2D eigenvalue weighted by Gasteiger charge is -2.11. The van der Waals surface area contributed by atoms with Crippen LogP contribution in [-0.2, 0) is 11.8 Å². The zero-order chi connectivity index (χ0) is 18.4. The van der Waals surface area contributed by atoms with Crippen LogP contribution in [0.5, 0.6) is 11.5 Å². The Hall–Kier alpha value is -2.75. The van der Waals surface area contributed by atoms with E-state index in [0.717, 1.165) is 0 Å². The predicted octanol–water partition coefficient (Wildman–Crippen LogP) is 1.55. The molecule has 0 radical (unpaired) electrons. The Kier molecular flexibility index (Phi) is 6.23. The van der Waals surface area contributed by atoms with Crippen molar-refractivity contribution in [1.29, 1.82) is 0 Å². The quantitative estimate of drug-likeness (QED) is 0.835. The van der Waals surface area contributed by atoms with Gasteiger partial charge in [0.25, 0.3) is 11.8 Å². The summed E-state index contributed by atoms with van der Waals surface area (Å²) in [5, 5.41) is 4.19. The van der Waals surface area contributed by atoms with Gasteiger partial charge < -0.3 is 19.4 Å². The monoisotopic (exact) mass is 371 g/mol. The summed E-state index contributed by atoms with van der Waals surface area (Å²) in [4.78, 5) is 28.2. The van der Waals surface area contributed by atoms with E-state index in [-0.39, 0.29) is 23.6 Å². The van der Waals surface area contributed by atoms with Gasteiger partial charge >= 0.3 is 6.61 Å². The van der Waals surface area contributed by atoms with Crippen LogP contribution in [0.15, 0.2) is 34.8 Å². The number of aryl methyl sites for hydroxylation is 1. The number of hydrogen-bond donors (Lipinski definition) is 1. The number of ether oxygens (including phenoxy) is 2. The highest BCUT2D eigenvalue weighted by molar-refractivity contribution is 7.07. The molecule has 134 valence electrons. The molecule has 1 aromatic carbocycles. The van der Waals surface area contributed by atoms with Gasteiger partial charge in [0.2, 0.25) is 0 Å². The number of thiazole rings is 1. The molecule has 0 saturated carbocycles. The standard InChI is InChI=1S/C15H15F2N3O4S/c1-20-5-6-25-15(20)19-12(21)8-18-13(22)9-3-4-10(24-14(16)17)11(7-9)23-2/h3-7,14H,8H2,1-2H3,(H,18,22). The summed E-state index contributed by atoms with van der Waals surface area (Å²) in [5.41, 5.74) is 0.132. The Labute approximate surface area is 145 Å². The summed E-state index contributed by atoms with van der Waals surface area (Å²) >= 11 is 1.29. The number of benzene rings is 1. The third-order valence-electron chi connectivity index (χ3n) is 3.02. The lowest BCUT2D eigenvalue weighted by atomic mass is 10.2. The molecule has 2 amide bonds. The zero-order valence-electron chi connectivity index (χ0n) is 13.4. The van der Waals surface area contributed by atoms with Gasteiger partial charge in [-0.1, -0.05) is 0 Å². The van der Waals surface area contributed by atoms with E-state index in [9.17, 15) is 18.4 Å². The van der Waals surface area contributed by atoms with Crippen LogP contribution in [0.3, 0.4) is 0 Å². The fourth-order valence-electron chi connectivity index (χ4n) is 1.84. The normalized spacial score (nSPS) is 11.5. The summed E-state index contributed by atoms with van der Waals surface area (Å²) in [6, 6.07) is 3.72. The van der Waals surface area contributed by atoms with Gasteiger partial charge in [0.05, 0.1) is 13.7 Å². The third-order valence-corrected chi connectivity index (χ3v) is 3.87. The van der Waals surface area contributed by atoms with Crippen molar-refractivity contribution in [3.63, 3.8) is 0 Å². The Morgan fingerprint density at radius 3 is 2.72 bits per heavy atom. The molecule has 2 rings (SSSR count). The molecule has 0 unspecified atom stereocenters. The number of nitrogens with one attached hydrogen (secondary N) is 1. The van der Waals surface area contributed by atoms with Crippen molar-refractivity contribution in [2.75, 3.05) is 13.7 Å². The fraction of sp³-hybridized carbons (Fsp3) is 0.267. The van der Waals surface area contributed by atoms with Crippen molar-refractivity contribution in [3.05, 3.63) is 40.1 Å². The zero-order valence-corrected chi connectivity index (χ0v) is 14.2. The smallest absolute Gasteiger partial charge is 0.387 e. The minimum absolute atomic E-state index is 0.0189. The first kappa shape index (κ1) is 18.6. The van der Waals surface area contributed by atoms with Gasteiger partial charge in [-0.05, 0) is 18.2 Å². The van der Waals surface area contributed by atoms with Crippen LogP contribution in [0.1, 0.15) is 10.4 Å². The second-order valence-corrected chi connectivity index (χ2v) is 5.60. The minimum Gasteiger partial charge on any atom is -0.493 e. The number of carbonyl (C=O) groups excluding carboxylic acids is 2. The van der Waals surface area contributed by atoms with E-state index in [1.807, 2.05) is 0 Å². The number of hydrogen-bond acceptors (Lipinski definition) is 5. The molecule has 10 heteroatoms. The molecular formula is C15H15F2N3O4S. The summed E-state index contributed by atoms with van der Waals surface area (Å²) in [6.45, 7) is -3.31. The van der Waals surface area contributed by atoms with Crippen LogP contribution < -0.4 is 19.6 Å². The molecule has 0 aliphatic rings. The molecular weight excluding hydrogens is 356 g/mol. The van der Waals surface area contributed by atoms with Gasteiger partial charge in [0.15, 0.2) is 16.3 Å². The molecule has 0 saturated heterocycles. The lowest BCUT2D eigenvalue weighted by molar-refractivity contribution is -0.117. The van der Waals surface area contributed by atoms with Crippen molar-refractivity contribution in [2.24, 2.45) is 12.0 Å². The number of amides is 2. The molecule has 25 heavy (non-hydrogen) atoms. The number of rotatable bonds is 6. The van der Waals surface area contributed by atoms with Gasteiger partial charge in [-0.2, -0.15) is 13.8 Å². The largest absolute Gasteiger partial charge is 0.493 e. The van der Waals surface area contributed by atoms with Gasteiger partial charge in [-0.3, -0.25) is 9.59 Å². The van der Waals surface area contributed by atoms with Crippen molar-refractivity contribution in [2.45, 2.75) is 6.61 Å². The maximum absolute atomic E-state index is 12.3. The third kappa shape index (κ3) is 5.11. The number of aromatic nitrogens is 1. The lowest BCUT2D eigenvalue weighted by Crippen LogP contribution is -2.30. The maximum Gasteiger partial charge on any atom is 0.387 e. The number of alkyl halides is 2. The van der Waals surface area contributed by atoms with E-state index in [1.54, 1.807) is 23.2 Å². The van der Waals surface area contributed by atoms with Crippen LogP contribution >= 0.6 is 11.3 Å². The first-order valence-corrected chi connectivity index (χ1v) is 7.87. The Balaban J connectivity index is 2.03. The van der Waals surface area contributed by atoms with E-state index in [4.69, 9.17) is 4.74 Å². The average molecular weight is 371 g/mol. The number of carbonyl (C=O) groups is 2. The topological polar surface area (TPSA) is 81.9 Å². The van der Waals surface area contributed by atoms with Crippen LogP contribution in [0.4, 0.5) is 8.78 Å². The highest BCUT2D eigenvalue weighted by atomic mass is 32.1. The molecule has 2 aromatic rings. The summed E-state index contributed by atoms with van der Waals surface area (Å²) in [5.74, 6) is -1.29. The van der Waals surface area contributed by atoms with Crippen molar-refractivity contribution < 1.29 is 27.8 Å². The Bertz CT molecular complexity index is 832. The second-order valence-electron chi connectivity index (χ2n) is 4.73. The van der Waals surface area contributed by atoms with E-state index in [1.165, 1.54) is 36.6 Å². The summed E-state index contributed by atoms with van der Waals surface area (Å²) in [6.07, 6.45) is 1.75. The summed E-state index contributed by atoms with van der Waals surface area (Å²) in [7, 11) is 3.01. The number of halogens is 2. The Morgan fingerprint density at radius 1 is 1.36 bits per heavy atom. The van der Waals surface area contributed by atoms with Gasteiger partial charge in [-0.15, -0.1) is 11.3 Å². The predicted molar refractivity (Wildman–Crippen MR) is 85.8 cm³/mol. The average Bonchev–Trinajstić information content (AvgIpc) is 2.97.